The molecule has 3 nitrogen and oxygen atoms in total. The summed E-state index contributed by atoms with van der Waals surface area (Å²) in [5, 5.41) is 0. The first-order chi connectivity index (χ1) is 9.62. The first-order valence-electron chi connectivity index (χ1n) is 7.61. The van der Waals surface area contributed by atoms with Gasteiger partial charge in [-0.15, -0.1) is 0 Å². The molecule has 112 valence electrons. The van der Waals surface area contributed by atoms with Crippen molar-refractivity contribution in [2.75, 3.05) is 26.2 Å². The molecule has 0 aliphatic heterocycles. The fourth-order valence-corrected chi connectivity index (χ4v) is 2.34. The molecule has 0 radical (unpaired) electrons. The van der Waals surface area contributed by atoms with Gasteiger partial charge in [0.25, 0.3) is 0 Å². The second kappa shape index (κ2) is 8.75. The van der Waals surface area contributed by atoms with Crippen molar-refractivity contribution in [1.29, 1.82) is 0 Å². The smallest absolute Gasteiger partial charge is 0.176 e. The second-order valence-electron chi connectivity index (χ2n) is 5.11. The molecular formula is C17H27NO2. The molecule has 0 N–H and O–H groups in total. The molecule has 0 amide bonds. The Morgan fingerprint density at radius 1 is 1.15 bits per heavy atom. The van der Waals surface area contributed by atoms with E-state index in [-0.39, 0.29) is 5.78 Å². The van der Waals surface area contributed by atoms with E-state index in [1.807, 2.05) is 32.0 Å². The number of carbonyl (C=O) groups excluding carboxylic acids is 1. The fourth-order valence-electron chi connectivity index (χ4n) is 2.34. The molecule has 0 atom stereocenters. The number of rotatable bonds is 9. The summed E-state index contributed by atoms with van der Waals surface area (Å²) >= 11 is 0. The van der Waals surface area contributed by atoms with Gasteiger partial charge in [0.05, 0.1) is 13.2 Å². The Balaban J connectivity index is 2.73. The lowest BCUT2D eigenvalue weighted by molar-refractivity contribution is 0.0930. The van der Waals surface area contributed by atoms with E-state index in [9.17, 15) is 4.79 Å². The molecule has 0 bridgehead atoms. The van der Waals surface area contributed by atoms with Gasteiger partial charge in [-0.05, 0) is 63.5 Å². The maximum absolute atomic E-state index is 12.3. The van der Waals surface area contributed by atoms with Gasteiger partial charge < -0.3 is 4.74 Å². The Morgan fingerprint density at radius 3 is 2.30 bits per heavy atom. The monoisotopic (exact) mass is 277 g/mol. The third-order valence-corrected chi connectivity index (χ3v) is 3.24. The number of carbonyl (C=O) groups is 1. The zero-order valence-corrected chi connectivity index (χ0v) is 13.2. The normalized spacial score (nSPS) is 10.8. The van der Waals surface area contributed by atoms with Gasteiger partial charge in [0, 0.05) is 5.56 Å². The number of Topliss-reactive ketones (excluding diaryl/α,β-unsaturated/α-hetero) is 1. The van der Waals surface area contributed by atoms with E-state index in [4.69, 9.17) is 4.74 Å². The average Bonchev–Trinajstić information content (AvgIpc) is 2.41. The Morgan fingerprint density at radius 2 is 1.80 bits per heavy atom. The number of benzene rings is 1. The molecule has 0 heterocycles. The van der Waals surface area contributed by atoms with E-state index in [0.29, 0.717) is 13.2 Å². The van der Waals surface area contributed by atoms with E-state index in [0.717, 1.165) is 42.8 Å². The van der Waals surface area contributed by atoms with Crippen molar-refractivity contribution in [3.63, 3.8) is 0 Å². The fraction of sp³-hybridized carbons (Fsp3) is 0.588. The molecule has 3 heteroatoms. The molecule has 0 fully saturated rings. The SMILES string of the molecule is CCCN(CCC)CC(=O)c1ccc(OCC)c(C)c1. The van der Waals surface area contributed by atoms with Crippen LogP contribution >= 0.6 is 0 Å². The van der Waals surface area contributed by atoms with Crippen LogP contribution in [0.15, 0.2) is 18.2 Å². The van der Waals surface area contributed by atoms with E-state index in [2.05, 4.69) is 18.7 Å². The maximum atomic E-state index is 12.3. The summed E-state index contributed by atoms with van der Waals surface area (Å²) in [5.74, 6) is 1.06. The molecule has 0 aromatic heterocycles. The highest BCUT2D eigenvalue weighted by molar-refractivity contribution is 5.97. The first kappa shape index (κ1) is 16.7. The molecule has 0 unspecified atom stereocenters. The standard InChI is InChI=1S/C17H27NO2/c1-5-10-18(11-6-2)13-16(19)15-8-9-17(20-7-3)14(4)12-15/h8-9,12H,5-7,10-11,13H2,1-4H3. The quantitative estimate of drug-likeness (QED) is 0.645. The van der Waals surface area contributed by atoms with Crippen LogP contribution in [0.5, 0.6) is 5.75 Å². The predicted octanol–water partition coefficient (Wildman–Crippen LogP) is 3.70. The first-order valence-corrected chi connectivity index (χ1v) is 7.61. The zero-order chi connectivity index (χ0) is 15.0. The highest BCUT2D eigenvalue weighted by atomic mass is 16.5. The Bertz CT molecular complexity index is 423. The van der Waals surface area contributed by atoms with Crippen LogP contribution in [-0.4, -0.2) is 36.9 Å². The van der Waals surface area contributed by atoms with Gasteiger partial charge in [0.1, 0.15) is 5.75 Å². The highest BCUT2D eigenvalue weighted by Crippen LogP contribution is 2.19. The minimum atomic E-state index is 0.193. The van der Waals surface area contributed by atoms with Gasteiger partial charge in [-0.2, -0.15) is 0 Å². The molecule has 0 aliphatic carbocycles. The summed E-state index contributed by atoms with van der Waals surface area (Å²) in [6.07, 6.45) is 2.16. The number of aryl methyl sites for hydroxylation is 1. The lowest BCUT2D eigenvalue weighted by Crippen LogP contribution is -2.31. The van der Waals surface area contributed by atoms with Crippen LogP contribution in [0.2, 0.25) is 0 Å². The van der Waals surface area contributed by atoms with Gasteiger partial charge >= 0.3 is 0 Å². The molecule has 0 spiro atoms. The van der Waals surface area contributed by atoms with Crippen LogP contribution in [0.25, 0.3) is 0 Å². The lowest BCUT2D eigenvalue weighted by atomic mass is 10.1. The second-order valence-corrected chi connectivity index (χ2v) is 5.11. The summed E-state index contributed by atoms with van der Waals surface area (Å²) in [6.45, 7) is 11.4. The molecule has 1 aromatic carbocycles. The van der Waals surface area contributed by atoms with Crippen LogP contribution in [0.3, 0.4) is 0 Å². The predicted molar refractivity (Wildman–Crippen MR) is 83.7 cm³/mol. The minimum Gasteiger partial charge on any atom is -0.494 e. The lowest BCUT2D eigenvalue weighted by Gasteiger charge is -2.20. The molecule has 1 aromatic rings. The Labute approximate surface area is 122 Å². The summed E-state index contributed by atoms with van der Waals surface area (Å²) in [4.78, 5) is 14.6. The molecule has 1 rings (SSSR count). The van der Waals surface area contributed by atoms with Crippen molar-refractivity contribution in [2.24, 2.45) is 0 Å². The van der Waals surface area contributed by atoms with E-state index >= 15 is 0 Å². The summed E-state index contributed by atoms with van der Waals surface area (Å²) in [6, 6.07) is 5.70. The van der Waals surface area contributed by atoms with E-state index in [1.54, 1.807) is 0 Å². The summed E-state index contributed by atoms with van der Waals surface area (Å²) < 4.78 is 5.51. The van der Waals surface area contributed by atoms with Crippen LogP contribution in [0, 0.1) is 6.92 Å². The van der Waals surface area contributed by atoms with E-state index in [1.165, 1.54) is 0 Å². The minimum absolute atomic E-state index is 0.193. The van der Waals surface area contributed by atoms with Crippen LogP contribution < -0.4 is 4.74 Å². The number of ketones is 1. The van der Waals surface area contributed by atoms with Crippen LogP contribution in [-0.2, 0) is 0 Å². The molecule has 0 saturated carbocycles. The van der Waals surface area contributed by atoms with Crippen molar-refractivity contribution < 1.29 is 9.53 Å². The average molecular weight is 277 g/mol. The third kappa shape index (κ3) is 4.97. The van der Waals surface area contributed by atoms with Crippen molar-refractivity contribution in [1.82, 2.24) is 4.90 Å². The van der Waals surface area contributed by atoms with Crippen LogP contribution in [0.1, 0.15) is 49.5 Å². The van der Waals surface area contributed by atoms with Gasteiger partial charge in [0.15, 0.2) is 5.78 Å². The van der Waals surface area contributed by atoms with Crippen molar-refractivity contribution >= 4 is 5.78 Å². The topological polar surface area (TPSA) is 29.5 Å². The Hall–Kier alpha value is -1.35. The van der Waals surface area contributed by atoms with Gasteiger partial charge in [-0.1, -0.05) is 13.8 Å². The third-order valence-electron chi connectivity index (χ3n) is 3.24. The molecular weight excluding hydrogens is 250 g/mol. The summed E-state index contributed by atoms with van der Waals surface area (Å²) in [7, 11) is 0. The summed E-state index contributed by atoms with van der Waals surface area (Å²) in [5.41, 5.74) is 1.80. The van der Waals surface area contributed by atoms with Crippen molar-refractivity contribution in [3.8, 4) is 5.75 Å². The maximum Gasteiger partial charge on any atom is 0.176 e. The molecule has 0 saturated heterocycles. The highest BCUT2D eigenvalue weighted by Gasteiger charge is 2.12. The number of hydrogen-bond donors (Lipinski definition) is 0. The van der Waals surface area contributed by atoms with Crippen molar-refractivity contribution in [3.05, 3.63) is 29.3 Å². The van der Waals surface area contributed by atoms with Gasteiger partial charge in [-0.3, -0.25) is 9.69 Å². The zero-order valence-electron chi connectivity index (χ0n) is 13.2. The Kier molecular flexibility index (Phi) is 7.31. The number of ether oxygens (including phenoxy) is 1. The van der Waals surface area contributed by atoms with Gasteiger partial charge in [0.2, 0.25) is 0 Å². The van der Waals surface area contributed by atoms with Gasteiger partial charge in [-0.25, -0.2) is 0 Å². The molecule has 0 aliphatic rings. The number of hydrogen-bond acceptors (Lipinski definition) is 3. The largest absolute Gasteiger partial charge is 0.494 e. The van der Waals surface area contributed by atoms with Crippen molar-refractivity contribution in [2.45, 2.75) is 40.5 Å². The molecule has 20 heavy (non-hydrogen) atoms. The van der Waals surface area contributed by atoms with Crippen LogP contribution in [0.4, 0.5) is 0 Å². The van der Waals surface area contributed by atoms with E-state index < -0.39 is 0 Å². The number of nitrogens with zero attached hydrogens (tertiary/aromatic N) is 1.